The summed E-state index contributed by atoms with van der Waals surface area (Å²) in [6.07, 6.45) is 0. The van der Waals surface area contributed by atoms with E-state index in [0.29, 0.717) is 0 Å². The Morgan fingerprint density at radius 3 is 2.58 bits per heavy atom. The molecule has 1 aromatic rings. The van der Waals surface area contributed by atoms with Gasteiger partial charge in [-0.25, -0.2) is 8.42 Å². The standard InChI is InChI=1S/C13H17BrO4S/c1-9-6-12(14)5-4-11(9)8-19(16,17)7-10(2)13(15)18-3/h4-6,10H,7-8H2,1-3H3/t10-/m1/s1. The first-order chi connectivity index (χ1) is 8.75. The van der Waals surface area contributed by atoms with Crippen molar-refractivity contribution in [3.8, 4) is 0 Å². The maximum absolute atomic E-state index is 12.0. The number of hydrogen-bond donors (Lipinski definition) is 0. The van der Waals surface area contributed by atoms with E-state index in [2.05, 4.69) is 20.7 Å². The highest BCUT2D eigenvalue weighted by atomic mass is 79.9. The third kappa shape index (κ3) is 4.95. The molecule has 1 aromatic carbocycles. The normalized spacial score (nSPS) is 13.1. The summed E-state index contributed by atoms with van der Waals surface area (Å²) >= 11 is 3.33. The first kappa shape index (κ1) is 16.2. The van der Waals surface area contributed by atoms with E-state index in [-0.39, 0.29) is 11.5 Å². The zero-order valence-corrected chi connectivity index (χ0v) is 13.5. The highest BCUT2D eigenvalue weighted by Gasteiger charge is 2.22. The van der Waals surface area contributed by atoms with Gasteiger partial charge < -0.3 is 4.74 Å². The van der Waals surface area contributed by atoms with Crippen LogP contribution in [0, 0.1) is 12.8 Å². The van der Waals surface area contributed by atoms with Crippen LogP contribution in [-0.4, -0.2) is 27.2 Å². The molecule has 4 nitrogen and oxygen atoms in total. The number of carbonyl (C=O) groups excluding carboxylic acids is 1. The van der Waals surface area contributed by atoms with Crippen LogP contribution in [0.25, 0.3) is 0 Å². The number of hydrogen-bond acceptors (Lipinski definition) is 4. The van der Waals surface area contributed by atoms with Gasteiger partial charge >= 0.3 is 5.97 Å². The second-order valence-electron chi connectivity index (χ2n) is 4.55. The minimum absolute atomic E-state index is 0.0621. The van der Waals surface area contributed by atoms with Gasteiger partial charge in [-0.2, -0.15) is 0 Å². The predicted octanol–water partition coefficient (Wildman–Crippen LogP) is 2.48. The van der Waals surface area contributed by atoms with Gasteiger partial charge in [0.25, 0.3) is 0 Å². The number of rotatable bonds is 5. The smallest absolute Gasteiger partial charge is 0.309 e. The Labute approximate surface area is 122 Å². The number of benzene rings is 1. The largest absolute Gasteiger partial charge is 0.469 e. The van der Waals surface area contributed by atoms with Gasteiger partial charge in [0.1, 0.15) is 0 Å². The van der Waals surface area contributed by atoms with Crippen molar-refractivity contribution >= 4 is 31.7 Å². The van der Waals surface area contributed by atoms with E-state index in [1.165, 1.54) is 7.11 Å². The average molecular weight is 349 g/mol. The van der Waals surface area contributed by atoms with E-state index in [9.17, 15) is 13.2 Å². The third-order valence-electron chi connectivity index (χ3n) is 2.79. The summed E-state index contributed by atoms with van der Waals surface area (Å²) in [5, 5.41) is 0. The topological polar surface area (TPSA) is 60.4 Å². The van der Waals surface area contributed by atoms with E-state index in [4.69, 9.17) is 0 Å². The van der Waals surface area contributed by atoms with Crippen molar-refractivity contribution in [3.05, 3.63) is 33.8 Å². The zero-order valence-electron chi connectivity index (χ0n) is 11.1. The summed E-state index contributed by atoms with van der Waals surface area (Å²) in [6, 6.07) is 5.45. The Bertz CT molecular complexity index is 566. The second kappa shape index (κ2) is 6.52. The lowest BCUT2D eigenvalue weighted by molar-refractivity contribution is -0.144. The molecule has 106 valence electrons. The molecule has 0 aliphatic heterocycles. The molecule has 0 heterocycles. The molecule has 0 fully saturated rings. The molecule has 0 saturated heterocycles. The monoisotopic (exact) mass is 348 g/mol. The molecule has 1 atom stereocenters. The second-order valence-corrected chi connectivity index (χ2v) is 7.57. The zero-order chi connectivity index (χ0) is 14.6. The molecule has 0 unspecified atom stereocenters. The van der Waals surface area contributed by atoms with Crippen LogP contribution in [0.4, 0.5) is 0 Å². The fraction of sp³-hybridized carbons (Fsp3) is 0.462. The number of halogens is 1. The van der Waals surface area contributed by atoms with Gasteiger partial charge in [-0.1, -0.05) is 28.9 Å². The molecule has 0 amide bonds. The number of esters is 1. The summed E-state index contributed by atoms with van der Waals surface area (Å²) in [7, 11) is -2.09. The minimum Gasteiger partial charge on any atom is -0.469 e. The Morgan fingerprint density at radius 1 is 1.42 bits per heavy atom. The van der Waals surface area contributed by atoms with E-state index in [0.717, 1.165) is 15.6 Å². The predicted molar refractivity (Wildman–Crippen MR) is 77.5 cm³/mol. The van der Waals surface area contributed by atoms with Gasteiger partial charge in [0.2, 0.25) is 0 Å². The molecule has 0 N–H and O–H groups in total. The molecule has 0 bridgehead atoms. The molecule has 0 radical (unpaired) electrons. The first-order valence-electron chi connectivity index (χ1n) is 5.78. The molecular formula is C13H17BrO4S. The van der Waals surface area contributed by atoms with Crippen molar-refractivity contribution in [1.82, 2.24) is 0 Å². The Morgan fingerprint density at radius 2 is 2.05 bits per heavy atom. The highest BCUT2D eigenvalue weighted by molar-refractivity contribution is 9.10. The maximum Gasteiger partial charge on any atom is 0.309 e. The van der Waals surface area contributed by atoms with E-state index in [1.54, 1.807) is 13.0 Å². The Kier molecular flexibility index (Phi) is 5.55. The van der Waals surface area contributed by atoms with Gasteiger partial charge in [-0.3, -0.25) is 4.79 Å². The van der Waals surface area contributed by atoms with Crippen LogP contribution in [0.2, 0.25) is 0 Å². The Hall–Kier alpha value is -0.880. The molecular weight excluding hydrogens is 332 g/mol. The summed E-state index contributed by atoms with van der Waals surface area (Å²) in [4.78, 5) is 11.3. The van der Waals surface area contributed by atoms with E-state index >= 15 is 0 Å². The lowest BCUT2D eigenvalue weighted by Crippen LogP contribution is -2.23. The lowest BCUT2D eigenvalue weighted by atomic mass is 10.1. The van der Waals surface area contributed by atoms with Crippen molar-refractivity contribution in [2.45, 2.75) is 19.6 Å². The van der Waals surface area contributed by atoms with Crippen LogP contribution in [0.5, 0.6) is 0 Å². The molecule has 1 rings (SSSR count). The molecule has 0 spiro atoms. The minimum atomic E-state index is -3.34. The summed E-state index contributed by atoms with van der Waals surface area (Å²) in [6.45, 7) is 3.41. The highest BCUT2D eigenvalue weighted by Crippen LogP contribution is 2.19. The number of sulfone groups is 1. The summed E-state index contributed by atoms with van der Waals surface area (Å²) in [5.74, 6) is -1.41. The van der Waals surface area contributed by atoms with Crippen molar-refractivity contribution < 1.29 is 17.9 Å². The van der Waals surface area contributed by atoms with Crippen molar-refractivity contribution in [3.63, 3.8) is 0 Å². The van der Waals surface area contributed by atoms with Crippen LogP contribution < -0.4 is 0 Å². The van der Waals surface area contributed by atoms with Crippen LogP contribution in [0.15, 0.2) is 22.7 Å². The van der Waals surface area contributed by atoms with Gasteiger partial charge in [-0.15, -0.1) is 0 Å². The van der Waals surface area contributed by atoms with Crippen LogP contribution in [0.3, 0.4) is 0 Å². The molecule has 0 aliphatic carbocycles. The van der Waals surface area contributed by atoms with Gasteiger partial charge in [0, 0.05) is 4.47 Å². The fourth-order valence-corrected chi connectivity index (χ4v) is 4.06. The van der Waals surface area contributed by atoms with Gasteiger partial charge in [-0.05, 0) is 30.2 Å². The van der Waals surface area contributed by atoms with Crippen molar-refractivity contribution in [2.75, 3.05) is 12.9 Å². The van der Waals surface area contributed by atoms with Crippen LogP contribution >= 0.6 is 15.9 Å². The van der Waals surface area contributed by atoms with Crippen LogP contribution in [0.1, 0.15) is 18.1 Å². The first-order valence-corrected chi connectivity index (χ1v) is 8.40. The fourth-order valence-electron chi connectivity index (χ4n) is 1.77. The average Bonchev–Trinajstić information content (AvgIpc) is 2.31. The number of methoxy groups -OCH3 is 1. The van der Waals surface area contributed by atoms with Crippen molar-refractivity contribution in [2.24, 2.45) is 5.92 Å². The molecule has 0 saturated carbocycles. The van der Waals surface area contributed by atoms with Gasteiger partial charge in [0.05, 0.1) is 24.5 Å². The van der Waals surface area contributed by atoms with E-state index < -0.39 is 21.7 Å². The van der Waals surface area contributed by atoms with Gasteiger partial charge in [0.15, 0.2) is 9.84 Å². The molecule has 6 heteroatoms. The number of aryl methyl sites for hydroxylation is 1. The summed E-state index contributed by atoms with van der Waals surface area (Å²) in [5.41, 5.74) is 1.66. The summed E-state index contributed by atoms with van der Waals surface area (Å²) < 4.78 is 29.5. The number of carbonyl (C=O) groups is 1. The Balaban J connectivity index is 2.82. The SMILES string of the molecule is COC(=O)[C@H](C)CS(=O)(=O)Cc1ccc(Br)cc1C. The molecule has 0 aromatic heterocycles. The van der Waals surface area contributed by atoms with E-state index in [1.807, 2.05) is 19.1 Å². The third-order valence-corrected chi connectivity index (χ3v) is 5.04. The molecule has 19 heavy (non-hydrogen) atoms. The van der Waals surface area contributed by atoms with Crippen LogP contribution in [-0.2, 0) is 25.1 Å². The quantitative estimate of drug-likeness (QED) is 0.767. The van der Waals surface area contributed by atoms with Crippen molar-refractivity contribution in [1.29, 1.82) is 0 Å². The number of ether oxygens (including phenoxy) is 1. The molecule has 0 aliphatic rings. The maximum atomic E-state index is 12.0. The lowest BCUT2D eigenvalue weighted by Gasteiger charge is -2.11.